The van der Waals surface area contributed by atoms with Gasteiger partial charge in [-0.3, -0.25) is 9.78 Å². The largest absolute Gasteiger partial charge is 0.375 e. The summed E-state index contributed by atoms with van der Waals surface area (Å²) in [5.74, 6) is -0.273. The van der Waals surface area contributed by atoms with Gasteiger partial charge in [0.2, 0.25) is 5.91 Å². The maximum absolute atomic E-state index is 11.9. The van der Waals surface area contributed by atoms with Crippen molar-refractivity contribution in [2.75, 3.05) is 23.9 Å². The molecule has 1 aromatic carbocycles. The highest BCUT2D eigenvalue weighted by atomic mass is 35.5. The van der Waals surface area contributed by atoms with Crippen LogP contribution in [0.3, 0.4) is 0 Å². The van der Waals surface area contributed by atoms with Crippen LogP contribution in [0.1, 0.15) is 29.2 Å². The van der Waals surface area contributed by atoms with Gasteiger partial charge in [-0.25, -0.2) is 0 Å². The molecular formula is C22H22ClN5O2S. The number of carbonyl (C=O) groups excluding carboxylic acids is 1. The summed E-state index contributed by atoms with van der Waals surface area (Å²) in [5, 5.41) is 7.13. The maximum atomic E-state index is 11.9. The number of carbonyl (C=O) groups is 1. The van der Waals surface area contributed by atoms with Gasteiger partial charge in [0.05, 0.1) is 22.4 Å². The van der Waals surface area contributed by atoms with Gasteiger partial charge in [-0.2, -0.15) is 0 Å². The molecule has 2 atom stereocenters. The molecule has 1 aliphatic rings. The minimum absolute atomic E-state index is 0.0434. The molecule has 0 saturated carbocycles. The smallest absolute Gasteiger partial charge is 0.250 e. The van der Waals surface area contributed by atoms with Crippen LogP contribution in [0, 0.1) is 6.92 Å². The summed E-state index contributed by atoms with van der Waals surface area (Å²) in [7, 11) is 1.46. The molecule has 0 aliphatic carbocycles. The first kappa shape index (κ1) is 21.3. The summed E-state index contributed by atoms with van der Waals surface area (Å²) >= 11 is 12.2. The summed E-state index contributed by atoms with van der Waals surface area (Å²) in [6.07, 6.45) is 1.77. The van der Waals surface area contributed by atoms with Crippen LogP contribution in [-0.4, -0.2) is 34.7 Å². The van der Waals surface area contributed by atoms with E-state index in [9.17, 15) is 4.79 Å². The molecule has 0 radical (unpaired) electrons. The molecule has 4 rings (SSSR count). The van der Waals surface area contributed by atoms with Gasteiger partial charge in [0.25, 0.3) is 0 Å². The van der Waals surface area contributed by atoms with E-state index in [1.54, 1.807) is 18.3 Å². The molecule has 0 bridgehead atoms. The first-order valence-electron chi connectivity index (χ1n) is 9.72. The lowest BCUT2D eigenvalue weighted by molar-refractivity contribution is -0.119. The number of aryl methyl sites for hydroxylation is 1. The number of methoxy groups -OCH3 is 1. The van der Waals surface area contributed by atoms with Crippen LogP contribution in [0.2, 0.25) is 5.02 Å². The number of nitrogens with zero attached hydrogens (tertiary/aromatic N) is 2. The maximum Gasteiger partial charge on any atom is 0.250 e. The van der Waals surface area contributed by atoms with Gasteiger partial charge in [0.15, 0.2) is 5.11 Å². The number of aromatic nitrogens is 2. The Bertz CT molecular complexity index is 1100. The predicted molar refractivity (Wildman–Crippen MR) is 125 cm³/mol. The first-order chi connectivity index (χ1) is 15.0. The molecular weight excluding hydrogens is 434 g/mol. The first-order valence-corrected chi connectivity index (χ1v) is 10.5. The summed E-state index contributed by atoms with van der Waals surface area (Å²) in [6.45, 7) is 1.97. The monoisotopic (exact) mass is 455 g/mol. The number of anilines is 2. The molecule has 7 nitrogen and oxygen atoms in total. The van der Waals surface area contributed by atoms with E-state index in [1.807, 2.05) is 42.2 Å². The molecule has 1 aliphatic heterocycles. The second kappa shape index (κ2) is 9.05. The Morgan fingerprint density at radius 1 is 1.29 bits per heavy atom. The van der Waals surface area contributed by atoms with Crippen LogP contribution in [0.5, 0.6) is 0 Å². The molecule has 2 unspecified atom stereocenters. The average Bonchev–Trinajstić information content (AvgIpc) is 3.33. The summed E-state index contributed by atoms with van der Waals surface area (Å²) in [4.78, 5) is 21.8. The van der Waals surface area contributed by atoms with E-state index in [4.69, 9.17) is 28.6 Å². The number of benzene rings is 1. The van der Waals surface area contributed by atoms with Gasteiger partial charge in [-0.15, -0.1) is 0 Å². The molecule has 9 heteroatoms. The molecule has 0 spiro atoms. The van der Waals surface area contributed by atoms with Crippen molar-refractivity contribution in [2.45, 2.75) is 19.0 Å². The van der Waals surface area contributed by atoms with E-state index in [0.29, 0.717) is 15.8 Å². The van der Waals surface area contributed by atoms with Gasteiger partial charge >= 0.3 is 0 Å². The van der Waals surface area contributed by atoms with Gasteiger partial charge in [-0.05, 0) is 61.6 Å². The fourth-order valence-electron chi connectivity index (χ4n) is 3.72. The Morgan fingerprint density at radius 3 is 2.77 bits per heavy atom. The van der Waals surface area contributed by atoms with Gasteiger partial charge < -0.3 is 25.3 Å². The zero-order valence-electron chi connectivity index (χ0n) is 17.1. The lowest BCUT2D eigenvalue weighted by Crippen LogP contribution is -2.29. The third-order valence-electron chi connectivity index (χ3n) is 5.05. The normalized spacial score (nSPS) is 18.2. The topological polar surface area (TPSA) is 82.3 Å². The molecule has 31 heavy (non-hydrogen) atoms. The van der Waals surface area contributed by atoms with Crippen molar-refractivity contribution in [2.24, 2.45) is 0 Å². The van der Waals surface area contributed by atoms with Crippen molar-refractivity contribution < 1.29 is 9.53 Å². The van der Waals surface area contributed by atoms with Crippen LogP contribution in [0.15, 0.2) is 54.7 Å². The number of hydrogen-bond donors (Lipinski definition) is 3. The van der Waals surface area contributed by atoms with E-state index in [0.717, 1.165) is 22.8 Å². The van der Waals surface area contributed by atoms with Crippen molar-refractivity contribution in [1.29, 1.82) is 0 Å². The number of nitrogens with one attached hydrogen (secondary N) is 3. The minimum atomic E-state index is -0.273. The Labute approximate surface area is 190 Å². The van der Waals surface area contributed by atoms with Crippen LogP contribution < -0.4 is 15.5 Å². The van der Waals surface area contributed by atoms with Gasteiger partial charge in [-0.1, -0.05) is 17.7 Å². The van der Waals surface area contributed by atoms with Gasteiger partial charge in [0, 0.05) is 30.4 Å². The van der Waals surface area contributed by atoms with Crippen molar-refractivity contribution >= 4 is 46.2 Å². The number of halogens is 1. The highest BCUT2D eigenvalue weighted by Crippen LogP contribution is 2.42. The fraction of sp³-hybridized carbons (Fsp3) is 0.227. The summed E-state index contributed by atoms with van der Waals surface area (Å²) in [6, 6.07) is 15.1. The number of ether oxygens (including phenoxy) is 1. The predicted octanol–water partition coefficient (Wildman–Crippen LogP) is 4.13. The number of rotatable bonds is 6. The highest BCUT2D eigenvalue weighted by Gasteiger charge is 2.41. The molecule has 1 saturated heterocycles. The number of thiocarbonyl (C=S) groups is 1. The Balaban J connectivity index is 1.71. The second-order valence-electron chi connectivity index (χ2n) is 7.24. The molecule has 160 valence electrons. The molecule has 3 aromatic rings. The van der Waals surface area contributed by atoms with Gasteiger partial charge in [0.1, 0.15) is 12.6 Å². The molecule has 2 aromatic heterocycles. The summed E-state index contributed by atoms with van der Waals surface area (Å²) < 4.78 is 4.86. The van der Waals surface area contributed by atoms with Crippen LogP contribution in [0.25, 0.3) is 0 Å². The number of H-pyrrole nitrogens is 1. The standard InChI is InChI=1S/C22H22ClN5O2S/c1-13-6-8-18(25-13)21-20(17-5-3-4-10-24-17)27-22(31)28(21)14-7-9-16(15(23)11-14)26-19(29)12-30-2/h3-11,20-21,25H,12H2,1-2H3,(H,26,29)(H,27,31). The van der Waals surface area contributed by atoms with E-state index in [2.05, 4.69) is 26.7 Å². The minimum Gasteiger partial charge on any atom is -0.375 e. The third-order valence-corrected chi connectivity index (χ3v) is 5.68. The number of amides is 1. The van der Waals surface area contributed by atoms with E-state index in [1.165, 1.54) is 7.11 Å². The second-order valence-corrected chi connectivity index (χ2v) is 8.03. The highest BCUT2D eigenvalue weighted by molar-refractivity contribution is 7.80. The van der Waals surface area contributed by atoms with Crippen molar-refractivity contribution in [3.05, 3.63) is 76.8 Å². The third kappa shape index (κ3) is 4.41. The van der Waals surface area contributed by atoms with Crippen molar-refractivity contribution in [3.8, 4) is 0 Å². The SMILES string of the molecule is COCC(=O)Nc1ccc(N2C(=S)NC(c3ccccn3)C2c2ccc(C)[nH]2)cc1Cl. The zero-order valence-corrected chi connectivity index (χ0v) is 18.6. The van der Waals surface area contributed by atoms with E-state index < -0.39 is 0 Å². The number of aromatic amines is 1. The number of hydrogen-bond acceptors (Lipinski definition) is 4. The van der Waals surface area contributed by atoms with E-state index in [-0.39, 0.29) is 24.6 Å². The molecule has 1 fully saturated rings. The Hall–Kier alpha value is -2.94. The van der Waals surface area contributed by atoms with E-state index >= 15 is 0 Å². The quantitative estimate of drug-likeness (QED) is 0.485. The van der Waals surface area contributed by atoms with Crippen molar-refractivity contribution in [1.82, 2.24) is 15.3 Å². The molecule has 1 amide bonds. The van der Waals surface area contributed by atoms with Crippen LogP contribution in [-0.2, 0) is 9.53 Å². The molecule has 3 heterocycles. The Kier molecular flexibility index (Phi) is 6.22. The summed E-state index contributed by atoms with van der Waals surface area (Å²) in [5.41, 5.74) is 4.28. The average molecular weight is 456 g/mol. The van der Waals surface area contributed by atoms with Crippen molar-refractivity contribution in [3.63, 3.8) is 0 Å². The van der Waals surface area contributed by atoms with Crippen LogP contribution in [0.4, 0.5) is 11.4 Å². The Morgan fingerprint density at radius 2 is 2.13 bits per heavy atom. The zero-order chi connectivity index (χ0) is 22.0. The lowest BCUT2D eigenvalue weighted by atomic mass is 10.0. The lowest BCUT2D eigenvalue weighted by Gasteiger charge is -2.27. The van der Waals surface area contributed by atoms with Crippen LogP contribution >= 0.6 is 23.8 Å². The molecule has 3 N–H and O–H groups in total. The number of pyridine rings is 1. The fourth-order valence-corrected chi connectivity index (χ4v) is 4.29.